The standard InChI is InChI=1S/C17H18N2O6/c1-11(25-14-7-5-13(23-2)6-8-14)17(20)18-15-10-12(19(21)22)4-9-16(15)24-3/h4-11H,1-3H3,(H,18,20). The molecule has 0 saturated carbocycles. The van der Waals surface area contributed by atoms with Crippen molar-refractivity contribution in [1.29, 1.82) is 0 Å². The fourth-order valence-electron chi connectivity index (χ4n) is 2.05. The highest BCUT2D eigenvalue weighted by atomic mass is 16.6. The smallest absolute Gasteiger partial charge is 0.271 e. The molecule has 1 unspecified atom stereocenters. The van der Waals surface area contributed by atoms with E-state index in [2.05, 4.69) is 5.32 Å². The molecule has 0 aliphatic heterocycles. The quantitative estimate of drug-likeness (QED) is 0.611. The van der Waals surface area contributed by atoms with Crippen LogP contribution in [0.25, 0.3) is 0 Å². The van der Waals surface area contributed by atoms with Crippen molar-refractivity contribution in [3.8, 4) is 17.2 Å². The third kappa shape index (κ3) is 4.60. The van der Waals surface area contributed by atoms with Gasteiger partial charge in [-0.2, -0.15) is 0 Å². The van der Waals surface area contributed by atoms with Gasteiger partial charge in [0, 0.05) is 12.1 Å². The lowest BCUT2D eigenvalue weighted by Gasteiger charge is -2.16. The predicted octanol–water partition coefficient (Wildman–Crippen LogP) is 3.02. The second-order valence-corrected chi connectivity index (χ2v) is 5.07. The summed E-state index contributed by atoms with van der Waals surface area (Å²) >= 11 is 0. The van der Waals surface area contributed by atoms with Gasteiger partial charge in [0.05, 0.1) is 24.8 Å². The van der Waals surface area contributed by atoms with Crippen LogP contribution in [0.3, 0.4) is 0 Å². The summed E-state index contributed by atoms with van der Waals surface area (Å²) in [6.07, 6.45) is -0.822. The molecule has 2 aromatic carbocycles. The SMILES string of the molecule is COc1ccc(OC(C)C(=O)Nc2cc([N+](=O)[O-])ccc2OC)cc1. The van der Waals surface area contributed by atoms with E-state index in [0.29, 0.717) is 17.2 Å². The van der Waals surface area contributed by atoms with Crippen LogP contribution in [-0.2, 0) is 4.79 Å². The second kappa shape index (κ2) is 8.00. The number of nitrogens with one attached hydrogen (secondary N) is 1. The van der Waals surface area contributed by atoms with Crippen molar-refractivity contribution in [2.75, 3.05) is 19.5 Å². The van der Waals surface area contributed by atoms with E-state index in [1.807, 2.05) is 0 Å². The molecule has 1 N–H and O–H groups in total. The number of hydrogen-bond acceptors (Lipinski definition) is 6. The number of carbonyl (C=O) groups excluding carboxylic acids is 1. The molecule has 1 atom stereocenters. The largest absolute Gasteiger partial charge is 0.497 e. The first kappa shape index (κ1) is 18.1. The molecule has 8 nitrogen and oxygen atoms in total. The number of anilines is 1. The number of methoxy groups -OCH3 is 2. The molecule has 0 aliphatic carbocycles. The number of hydrogen-bond donors (Lipinski definition) is 1. The van der Waals surface area contributed by atoms with Crippen molar-refractivity contribution in [3.05, 3.63) is 52.6 Å². The van der Waals surface area contributed by atoms with Gasteiger partial charge >= 0.3 is 0 Å². The Labute approximate surface area is 144 Å². The highest BCUT2D eigenvalue weighted by molar-refractivity contribution is 5.95. The molecule has 0 fully saturated rings. The first-order valence-electron chi connectivity index (χ1n) is 7.38. The molecule has 8 heteroatoms. The molecule has 0 aromatic heterocycles. The molecule has 0 radical (unpaired) electrons. The van der Waals surface area contributed by atoms with Gasteiger partial charge in [0.2, 0.25) is 0 Å². The molecule has 1 amide bonds. The second-order valence-electron chi connectivity index (χ2n) is 5.07. The first-order valence-corrected chi connectivity index (χ1v) is 7.38. The van der Waals surface area contributed by atoms with E-state index in [-0.39, 0.29) is 11.4 Å². The summed E-state index contributed by atoms with van der Waals surface area (Å²) in [5.41, 5.74) is 0.0479. The highest BCUT2D eigenvalue weighted by Crippen LogP contribution is 2.29. The van der Waals surface area contributed by atoms with E-state index < -0.39 is 16.9 Å². The van der Waals surface area contributed by atoms with Gasteiger partial charge in [-0.05, 0) is 37.3 Å². The molecule has 132 valence electrons. The van der Waals surface area contributed by atoms with Crippen molar-refractivity contribution in [3.63, 3.8) is 0 Å². The summed E-state index contributed by atoms with van der Waals surface area (Å²) in [7, 11) is 2.96. The van der Waals surface area contributed by atoms with Crippen molar-refractivity contribution in [1.82, 2.24) is 0 Å². The number of nitro groups is 1. The molecule has 0 saturated heterocycles. The molecule has 0 bridgehead atoms. The van der Waals surface area contributed by atoms with Crippen LogP contribution >= 0.6 is 0 Å². The molecule has 2 rings (SSSR count). The van der Waals surface area contributed by atoms with Gasteiger partial charge in [-0.25, -0.2) is 0 Å². The maximum absolute atomic E-state index is 12.3. The highest BCUT2D eigenvalue weighted by Gasteiger charge is 2.19. The van der Waals surface area contributed by atoms with Crippen LogP contribution in [0.5, 0.6) is 17.2 Å². The molecule has 0 aliphatic rings. The third-order valence-electron chi connectivity index (χ3n) is 3.39. The van der Waals surface area contributed by atoms with Crippen LogP contribution in [0.1, 0.15) is 6.92 Å². The van der Waals surface area contributed by atoms with Gasteiger partial charge in [0.25, 0.3) is 11.6 Å². The van der Waals surface area contributed by atoms with Crippen molar-refractivity contribution in [2.24, 2.45) is 0 Å². The topological polar surface area (TPSA) is 99.9 Å². The summed E-state index contributed by atoms with van der Waals surface area (Å²) in [5, 5.41) is 13.5. The monoisotopic (exact) mass is 346 g/mol. The Hall–Kier alpha value is -3.29. The van der Waals surface area contributed by atoms with E-state index in [1.54, 1.807) is 38.3 Å². The van der Waals surface area contributed by atoms with Gasteiger partial charge in [-0.15, -0.1) is 0 Å². The van der Waals surface area contributed by atoms with Gasteiger partial charge < -0.3 is 19.5 Å². The van der Waals surface area contributed by atoms with Crippen LogP contribution in [0.15, 0.2) is 42.5 Å². The lowest BCUT2D eigenvalue weighted by atomic mass is 10.2. The normalized spacial score (nSPS) is 11.3. The maximum Gasteiger partial charge on any atom is 0.271 e. The zero-order valence-electron chi connectivity index (χ0n) is 14.0. The Morgan fingerprint density at radius 1 is 1.08 bits per heavy atom. The number of carbonyl (C=O) groups is 1. The zero-order valence-corrected chi connectivity index (χ0v) is 14.0. The maximum atomic E-state index is 12.3. The minimum atomic E-state index is -0.822. The predicted molar refractivity (Wildman–Crippen MR) is 91.4 cm³/mol. The number of rotatable bonds is 7. The minimum absolute atomic E-state index is 0.153. The Balaban J connectivity index is 2.09. The summed E-state index contributed by atoms with van der Waals surface area (Å²) in [5.74, 6) is 1.02. The Morgan fingerprint density at radius 3 is 2.28 bits per heavy atom. The molecular formula is C17H18N2O6. The van der Waals surface area contributed by atoms with E-state index in [4.69, 9.17) is 14.2 Å². The van der Waals surface area contributed by atoms with Gasteiger partial charge in [-0.3, -0.25) is 14.9 Å². The number of amides is 1. The van der Waals surface area contributed by atoms with Gasteiger partial charge in [0.15, 0.2) is 6.10 Å². The van der Waals surface area contributed by atoms with Crippen molar-refractivity contribution >= 4 is 17.3 Å². The number of nitrogens with zero attached hydrogens (tertiary/aromatic N) is 1. The fraction of sp³-hybridized carbons (Fsp3) is 0.235. The molecule has 25 heavy (non-hydrogen) atoms. The zero-order chi connectivity index (χ0) is 18.4. The minimum Gasteiger partial charge on any atom is -0.497 e. The van der Waals surface area contributed by atoms with Gasteiger partial charge in [0.1, 0.15) is 17.2 Å². The Morgan fingerprint density at radius 2 is 1.72 bits per heavy atom. The van der Waals surface area contributed by atoms with Crippen LogP contribution in [0.2, 0.25) is 0 Å². The number of ether oxygens (including phenoxy) is 3. The summed E-state index contributed by atoms with van der Waals surface area (Å²) in [6, 6.07) is 10.7. The summed E-state index contributed by atoms with van der Waals surface area (Å²) in [6.45, 7) is 1.57. The average Bonchev–Trinajstić information content (AvgIpc) is 2.62. The summed E-state index contributed by atoms with van der Waals surface area (Å²) in [4.78, 5) is 22.6. The molecule has 2 aromatic rings. The van der Waals surface area contributed by atoms with Gasteiger partial charge in [-0.1, -0.05) is 0 Å². The van der Waals surface area contributed by atoms with Crippen LogP contribution in [0, 0.1) is 10.1 Å². The Bertz CT molecular complexity index is 760. The summed E-state index contributed by atoms with van der Waals surface area (Å²) < 4.78 is 15.7. The van der Waals surface area contributed by atoms with Crippen LogP contribution in [0.4, 0.5) is 11.4 Å². The van der Waals surface area contributed by atoms with E-state index >= 15 is 0 Å². The number of benzene rings is 2. The molecule has 0 heterocycles. The Kier molecular flexibility index (Phi) is 5.78. The molecule has 0 spiro atoms. The first-order chi connectivity index (χ1) is 11.9. The van der Waals surface area contributed by atoms with Crippen LogP contribution in [-0.4, -0.2) is 31.2 Å². The lowest BCUT2D eigenvalue weighted by Crippen LogP contribution is -2.30. The number of non-ortho nitro benzene ring substituents is 1. The van der Waals surface area contributed by atoms with Crippen LogP contribution < -0.4 is 19.5 Å². The molecular weight excluding hydrogens is 328 g/mol. The van der Waals surface area contributed by atoms with Crippen molar-refractivity contribution < 1.29 is 23.9 Å². The van der Waals surface area contributed by atoms with E-state index in [1.165, 1.54) is 25.3 Å². The van der Waals surface area contributed by atoms with Crippen molar-refractivity contribution in [2.45, 2.75) is 13.0 Å². The van der Waals surface area contributed by atoms with E-state index in [0.717, 1.165) is 0 Å². The third-order valence-corrected chi connectivity index (χ3v) is 3.39. The number of nitro benzene ring substituents is 1. The lowest BCUT2D eigenvalue weighted by molar-refractivity contribution is -0.384. The average molecular weight is 346 g/mol. The van der Waals surface area contributed by atoms with E-state index in [9.17, 15) is 14.9 Å². The fourth-order valence-corrected chi connectivity index (χ4v) is 2.05.